The van der Waals surface area contributed by atoms with E-state index in [1.807, 2.05) is 0 Å². The monoisotopic (exact) mass is 308 g/mol. The highest BCUT2D eigenvalue weighted by molar-refractivity contribution is 7.93. The van der Waals surface area contributed by atoms with E-state index < -0.39 is 26.0 Å². The predicted octanol–water partition coefficient (Wildman–Crippen LogP) is 1.30. The van der Waals surface area contributed by atoms with Crippen molar-refractivity contribution in [3.8, 4) is 11.5 Å². The van der Waals surface area contributed by atoms with Crippen LogP contribution in [0.3, 0.4) is 0 Å². The van der Waals surface area contributed by atoms with Crippen LogP contribution >= 0.6 is 0 Å². The van der Waals surface area contributed by atoms with Crippen LogP contribution in [-0.2, 0) is 14.6 Å². The van der Waals surface area contributed by atoms with Gasteiger partial charge in [0, 0.05) is 12.5 Å². The number of ether oxygens (including phenoxy) is 2. The van der Waals surface area contributed by atoms with Gasteiger partial charge in [0.25, 0.3) is 9.84 Å². The van der Waals surface area contributed by atoms with E-state index in [2.05, 4.69) is 0 Å². The molecule has 0 aliphatic carbocycles. The van der Waals surface area contributed by atoms with Crippen molar-refractivity contribution in [2.45, 2.75) is 16.6 Å². The molecule has 1 aromatic rings. The second kappa shape index (κ2) is 4.89. The van der Waals surface area contributed by atoms with Gasteiger partial charge in [0.1, 0.15) is 0 Å². The SMILES string of the molecule is O=C(O)C(F)(F)S(=O)(=O)c1ccc2c(c1)OCCCO2. The van der Waals surface area contributed by atoms with E-state index in [1.165, 1.54) is 0 Å². The smallest absolute Gasteiger partial charge is 0.444 e. The lowest BCUT2D eigenvalue weighted by atomic mass is 10.3. The average Bonchev–Trinajstić information content (AvgIpc) is 2.62. The molecule has 20 heavy (non-hydrogen) atoms. The third-order valence-corrected chi connectivity index (χ3v) is 4.34. The van der Waals surface area contributed by atoms with Crippen molar-refractivity contribution in [3.05, 3.63) is 18.2 Å². The number of hydrogen-bond donors (Lipinski definition) is 1. The van der Waals surface area contributed by atoms with Crippen LogP contribution < -0.4 is 9.47 Å². The maximum atomic E-state index is 13.3. The van der Waals surface area contributed by atoms with Crippen LogP contribution in [0.25, 0.3) is 0 Å². The topological polar surface area (TPSA) is 89.9 Å². The number of aliphatic carboxylic acids is 1. The molecule has 0 bridgehead atoms. The zero-order valence-electron chi connectivity index (χ0n) is 10.0. The molecule has 0 amide bonds. The van der Waals surface area contributed by atoms with E-state index in [1.54, 1.807) is 0 Å². The van der Waals surface area contributed by atoms with Crippen molar-refractivity contribution >= 4 is 15.8 Å². The largest absolute Gasteiger partial charge is 0.490 e. The van der Waals surface area contributed by atoms with Crippen molar-refractivity contribution in [3.63, 3.8) is 0 Å². The van der Waals surface area contributed by atoms with Crippen LogP contribution in [0.1, 0.15) is 6.42 Å². The first-order chi connectivity index (χ1) is 9.26. The van der Waals surface area contributed by atoms with Gasteiger partial charge in [0.05, 0.1) is 18.1 Å². The van der Waals surface area contributed by atoms with Gasteiger partial charge in [-0.2, -0.15) is 8.78 Å². The molecule has 6 nitrogen and oxygen atoms in total. The number of alkyl halides is 2. The number of rotatable bonds is 3. The highest BCUT2D eigenvalue weighted by Crippen LogP contribution is 2.36. The number of sulfone groups is 1. The van der Waals surface area contributed by atoms with Crippen LogP contribution in [0.15, 0.2) is 23.1 Å². The van der Waals surface area contributed by atoms with Gasteiger partial charge in [0.15, 0.2) is 11.5 Å². The summed E-state index contributed by atoms with van der Waals surface area (Å²) in [5.41, 5.74) is 0. The molecule has 0 unspecified atom stereocenters. The van der Waals surface area contributed by atoms with Gasteiger partial charge in [-0.05, 0) is 12.1 Å². The van der Waals surface area contributed by atoms with Crippen LogP contribution in [0, 0.1) is 0 Å². The third-order valence-electron chi connectivity index (χ3n) is 2.62. The molecule has 0 radical (unpaired) electrons. The molecule has 0 saturated carbocycles. The molecule has 0 spiro atoms. The maximum Gasteiger partial charge on any atom is 0.444 e. The molecule has 1 aliphatic rings. The Labute approximate surface area is 112 Å². The summed E-state index contributed by atoms with van der Waals surface area (Å²) in [6, 6.07) is 2.86. The predicted molar refractivity (Wildman–Crippen MR) is 61.8 cm³/mol. The molecule has 1 aliphatic heterocycles. The molecule has 110 valence electrons. The molecular weight excluding hydrogens is 298 g/mol. The van der Waals surface area contributed by atoms with Crippen LogP contribution in [0.5, 0.6) is 11.5 Å². The number of hydrogen-bond acceptors (Lipinski definition) is 5. The molecule has 0 aromatic heterocycles. The second-order valence-corrected chi connectivity index (χ2v) is 5.98. The normalized spacial score (nSPS) is 15.5. The summed E-state index contributed by atoms with van der Waals surface area (Å²) in [5, 5.41) is 3.43. The first kappa shape index (κ1) is 14.5. The van der Waals surface area contributed by atoms with Gasteiger partial charge in [-0.25, -0.2) is 13.2 Å². The Morgan fingerprint density at radius 1 is 1.20 bits per heavy atom. The molecule has 0 fully saturated rings. The second-order valence-electron chi connectivity index (χ2n) is 3.98. The quantitative estimate of drug-likeness (QED) is 0.905. The zero-order chi connectivity index (χ0) is 15.0. The fourth-order valence-electron chi connectivity index (χ4n) is 1.57. The third kappa shape index (κ3) is 2.28. The molecule has 1 N–H and O–H groups in total. The Morgan fingerprint density at radius 2 is 1.80 bits per heavy atom. The summed E-state index contributed by atoms with van der Waals surface area (Å²) in [5.74, 6) is -2.52. The van der Waals surface area contributed by atoms with Crippen LogP contribution in [-0.4, -0.2) is 38.0 Å². The number of halogens is 2. The highest BCUT2D eigenvalue weighted by Gasteiger charge is 2.54. The summed E-state index contributed by atoms with van der Waals surface area (Å²) in [6.07, 6.45) is 0.558. The molecular formula is C11H10F2O6S. The van der Waals surface area contributed by atoms with Gasteiger partial charge in [-0.1, -0.05) is 0 Å². The average molecular weight is 308 g/mol. The highest BCUT2D eigenvalue weighted by atomic mass is 32.2. The fraction of sp³-hybridized carbons (Fsp3) is 0.364. The number of benzene rings is 1. The Bertz CT molecular complexity index is 640. The first-order valence-electron chi connectivity index (χ1n) is 5.52. The Hall–Kier alpha value is -1.90. The standard InChI is InChI=1S/C11H10F2O6S/c12-11(13,10(14)15)20(16,17)7-2-3-8-9(6-7)19-5-1-4-18-8/h2-3,6H,1,4-5H2,(H,14,15). The molecule has 9 heteroatoms. The van der Waals surface area contributed by atoms with Gasteiger partial charge in [-0.3, -0.25) is 0 Å². The van der Waals surface area contributed by atoms with E-state index >= 15 is 0 Å². The fourth-order valence-corrected chi connectivity index (χ4v) is 2.61. The van der Waals surface area contributed by atoms with Crippen molar-refractivity contribution in [1.29, 1.82) is 0 Å². The summed E-state index contributed by atoms with van der Waals surface area (Å²) in [6.45, 7) is 0.593. The Balaban J connectivity index is 2.49. The molecule has 2 rings (SSSR count). The van der Waals surface area contributed by atoms with Gasteiger partial charge < -0.3 is 14.6 Å². The van der Waals surface area contributed by atoms with E-state index in [0.29, 0.717) is 13.0 Å². The molecule has 0 saturated heterocycles. The number of fused-ring (bicyclic) bond motifs is 1. The Morgan fingerprint density at radius 3 is 2.40 bits per heavy atom. The van der Waals surface area contributed by atoms with Gasteiger partial charge >= 0.3 is 11.2 Å². The summed E-state index contributed by atoms with van der Waals surface area (Å²) in [4.78, 5) is 9.56. The summed E-state index contributed by atoms with van der Waals surface area (Å²) < 4.78 is 60.2. The van der Waals surface area contributed by atoms with E-state index in [0.717, 1.165) is 18.2 Å². The molecule has 1 heterocycles. The maximum absolute atomic E-state index is 13.3. The first-order valence-corrected chi connectivity index (χ1v) is 7.00. The van der Waals surface area contributed by atoms with E-state index in [9.17, 15) is 22.0 Å². The number of carboxylic acids is 1. The zero-order valence-corrected chi connectivity index (χ0v) is 10.8. The van der Waals surface area contributed by atoms with Crippen LogP contribution in [0.4, 0.5) is 8.78 Å². The van der Waals surface area contributed by atoms with Gasteiger partial charge in [-0.15, -0.1) is 0 Å². The van der Waals surface area contributed by atoms with Crippen molar-refractivity contribution in [2.24, 2.45) is 0 Å². The van der Waals surface area contributed by atoms with Crippen LogP contribution in [0.2, 0.25) is 0 Å². The Kier molecular flexibility index (Phi) is 3.55. The molecule has 0 atom stereocenters. The van der Waals surface area contributed by atoms with E-state index in [-0.39, 0.29) is 18.1 Å². The minimum atomic E-state index is -5.35. The summed E-state index contributed by atoms with van der Waals surface area (Å²) >= 11 is 0. The van der Waals surface area contributed by atoms with E-state index in [4.69, 9.17) is 14.6 Å². The van der Waals surface area contributed by atoms with Crippen molar-refractivity contribution in [2.75, 3.05) is 13.2 Å². The molecule has 1 aromatic carbocycles. The summed E-state index contributed by atoms with van der Waals surface area (Å²) in [7, 11) is -5.35. The minimum Gasteiger partial charge on any atom is -0.490 e. The number of carbonyl (C=O) groups is 1. The lowest BCUT2D eigenvalue weighted by Gasteiger charge is -2.14. The minimum absolute atomic E-state index is 0.00948. The number of carboxylic acid groups (broad SMARTS) is 1. The van der Waals surface area contributed by atoms with Crippen molar-refractivity contribution < 1.29 is 36.6 Å². The lowest BCUT2D eigenvalue weighted by Crippen LogP contribution is -2.37. The van der Waals surface area contributed by atoms with Crippen molar-refractivity contribution in [1.82, 2.24) is 0 Å². The lowest BCUT2D eigenvalue weighted by molar-refractivity contribution is -0.153. The van der Waals surface area contributed by atoms with Gasteiger partial charge in [0.2, 0.25) is 0 Å².